The van der Waals surface area contributed by atoms with E-state index in [1.807, 2.05) is 6.07 Å². The van der Waals surface area contributed by atoms with Gasteiger partial charge in [0.05, 0.1) is 23.9 Å². The molecule has 0 saturated carbocycles. The third-order valence-corrected chi connectivity index (χ3v) is 5.01. The summed E-state index contributed by atoms with van der Waals surface area (Å²) in [5.41, 5.74) is 1.12. The fourth-order valence-corrected chi connectivity index (χ4v) is 3.54. The van der Waals surface area contributed by atoms with E-state index in [1.165, 1.54) is 23.3 Å². The van der Waals surface area contributed by atoms with Crippen LogP contribution >= 0.6 is 11.8 Å². The summed E-state index contributed by atoms with van der Waals surface area (Å²) in [6.07, 6.45) is 7.93. The second-order valence-corrected chi connectivity index (χ2v) is 7.03. The number of hydrogen-bond donors (Lipinski definition) is 0. The minimum absolute atomic E-state index is 0.203. The van der Waals surface area contributed by atoms with Crippen LogP contribution in [-0.4, -0.2) is 27.2 Å². The Labute approximate surface area is 170 Å². The van der Waals surface area contributed by atoms with Gasteiger partial charge in [0.25, 0.3) is 5.91 Å². The number of rotatable bonds is 5. The molecule has 29 heavy (non-hydrogen) atoms. The van der Waals surface area contributed by atoms with E-state index >= 15 is 0 Å². The molecule has 1 aliphatic heterocycles. The van der Waals surface area contributed by atoms with Crippen molar-refractivity contribution in [2.75, 3.05) is 0 Å². The van der Waals surface area contributed by atoms with Gasteiger partial charge in [-0.15, -0.1) is 5.10 Å². The maximum atomic E-state index is 14.0. The Morgan fingerprint density at radius 1 is 1.17 bits per heavy atom. The number of pyridine rings is 1. The summed E-state index contributed by atoms with van der Waals surface area (Å²) >= 11 is 1.14. The lowest BCUT2D eigenvalue weighted by molar-refractivity contribution is -0.122. The molecule has 3 heterocycles. The van der Waals surface area contributed by atoms with Crippen LogP contribution in [0, 0.1) is 5.82 Å². The van der Waals surface area contributed by atoms with Crippen LogP contribution in [0.4, 0.5) is 4.39 Å². The summed E-state index contributed by atoms with van der Waals surface area (Å²) in [6, 6.07) is 13.4. The van der Waals surface area contributed by atoms with Crippen molar-refractivity contribution in [1.82, 2.24) is 9.88 Å². The Kier molecular flexibility index (Phi) is 5.62. The van der Waals surface area contributed by atoms with Crippen molar-refractivity contribution in [2.24, 2.45) is 10.2 Å². The Hall–Kier alpha value is -3.52. The van der Waals surface area contributed by atoms with Crippen molar-refractivity contribution in [1.29, 1.82) is 0 Å². The second kappa shape index (κ2) is 8.66. The molecular formula is C21H15FN4O2S. The number of aromatic nitrogens is 1. The topological polar surface area (TPSA) is 71.1 Å². The first-order chi connectivity index (χ1) is 14.2. The van der Waals surface area contributed by atoms with Gasteiger partial charge in [-0.1, -0.05) is 24.3 Å². The van der Waals surface area contributed by atoms with Crippen LogP contribution in [-0.2, 0) is 11.3 Å². The van der Waals surface area contributed by atoms with Gasteiger partial charge in [0.2, 0.25) is 0 Å². The minimum atomic E-state index is -0.397. The van der Waals surface area contributed by atoms with Crippen LogP contribution in [0.25, 0.3) is 6.08 Å². The third kappa shape index (κ3) is 4.49. The smallest absolute Gasteiger partial charge is 0.267 e. The molecule has 3 aromatic rings. The molecule has 1 aliphatic rings. The van der Waals surface area contributed by atoms with Gasteiger partial charge in [0, 0.05) is 23.5 Å². The molecule has 1 fully saturated rings. The van der Waals surface area contributed by atoms with Crippen molar-refractivity contribution in [3.63, 3.8) is 0 Å². The number of amides is 1. The zero-order valence-corrected chi connectivity index (χ0v) is 15.9. The first kappa shape index (κ1) is 18.8. The molecule has 2 aromatic heterocycles. The maximum Gasteiger partial charge on any atom is 0.267 e. The van der Waals surface area contributed by atoms with Crippen LogP contribution in [0.2, 0.25) is 0 Å². The minimum Gasteiger partial charge on any atom is -0.467 e. The molecule has 0 radical (unpaired) electrons. The van der Waals surface area contributed by atoms with Crippen molar-refractivity contribution in [3.05, 3.63) is 94.8 Å². The Balaban J connectivity index is 1.64. The molecule has 0 atom stereocenters. The number of nitrogens with zero attached hydrogens (tertiary/aromatic N) is 4. The average Bonchev–Trinajstić information content (AvgIpc) is 3.35. The fraction of sp³-hybridized carbons (Fsp3) is 0.0476. The predicted octanol–water partition coefficient (Wildman–Crippen LogP) is 4.32. The third-order valence-electron chi connectivity index (χ3n) is 4.01. The molecule has 8 heteroatoms. The van der Waals surface area contributed by atoms with Crippen LogP contribution in [0.1, 0.15) is 16.9 Å². The van der Waals surface area contributed by atoms with Crippen molar-refractivity contribution >= 4 is 35.1 Å². The summed E-state index contributed by atoms with van der Waals surface area (Å²) in [7, 11) is 0. The number of benzene rings is 1. The van der Waals surface area contributed by atoms with Crippen molar-refractivity contribution in [2.45, 2.75) is 6.54 Å². The summed E-state index contributed by atoms with van der Waals surface area (Å²) in [6.45, 7) is 0.203. The zero-order chi connectivity index (χ0) is 20.1. The summed E-state index contributed by atoms with van der Waals surface area (Å²) < 4.78 is 19.4. The van der Waals surface area contributed by atoms with Crippen LogP contribution in [0.3, 0.4) is 0 Å². The van der Waals surface area contributed by atoms with Gasteiger partial charge in [-0.3, -0.25) is 14.7 Å². The van der Waals surface area contributed by atoms with E-state index in [1.54, 1.807) is 55.0 Å². The molecule has 1 saturated heterocycles. The van der Waals surface area contributed by atoms with Gasteiger partial charge in [0.15, 0.2) is 5.17 Å². The highest BCUT2D eigenvalue weighted by molar-refractivity contribution is 8.18. The largest absolute Gasteiger partial charge is 0.467 e. The number of hydrogen-bond acceptors (Lipinski definition) is 6. The highest BCUT2D eigenvalue weighted by atomic mass is 32.2. The van der Waals surface area contributed by atoms with Crippen molar-refractivity contribution < 1.29 is 13.6 Å². The molecule has 144 valence electrons. The van der Waals surface area contributed by atoms with E-state index in [0.29, 0.717) is 21.4 Å². The highest BCUT2D eigenvalue weighted by Crippen LogP contribution is 2.34. The number of furan rings is 1. The normalized spacial score (nSPS) is 17.1. The van der Waals surface area contributed by atoms with Crippen molar-refractivity contribution in [3.8, 4) is 0 Å². The Morgan fingerprint density at radius 3 is 2.83 bits per heavy atom. The summed E-state index contributed by atoms with van der Waals surface area (Å²) in [5.74, 6) is -0.0778. The number of carbonyl (C=O) groups excluding carboxylic acids is 1. The molecule has 0 unspecified atom stereocenters. The highest BCUT2D eigenvalue weighted by Gasteiger charge is 2.34. The molecular weight excluding hydrogens is 391 g/mol. The first-order valence-electron chi connectivity index (χ1n) is 8.70. The molecule has 6 nitrogen and oxygen atoms in total. The SMILES string of the molecule is O=C1/C(=C/c2ccccc2F)S/C(=N/N=C\c2cccnc2)N1Cc1ccco1. The molecule has 0 spiro atoms. The van der Waals surface area contributed by atoms with Gasteiger partial charge < -0.3 is 4.42 Å². The number of thioether (sulfide) groups is 1. The van der Waals surface area contributed by atoms with E-state index in [4.69, 9.17) is 4.42 Å². The molecule has 4 rings (SSSR count). The van der Waals surface area contributed by atoms with E-state index in [2.05, 4.69) is 15.2 Å². The average molecular weight is 406 g/mol. The van der Waals surface area contributed by atoms with Gasteiger partial charge in [-0.25, -0.2) is 4.39 Å². The Morgan fingerprint density at radius 2 is 2.07 bits per heavy atom. The van der Waals surface area contributed by atoms with Gasteiger partial charge in [-0.05, 0) is 42.1 Å². The molecule has 0 aliphatic carbocycles. The lowest BCUT2D eigenvalue weighted by Gasteiger charge is -2.12. The lowest BCUT2D eigenvalue weighted by atomic mass is 10.2. The number of halogens is 1. The van der Waals surface area contributed by atoms with E-state index in [-0.39, 0.29) is 12.5 Å². The first-order valence-corrected chi connectivity index (χ1v) is 9.52. The number of amidine groups is 1. The second-order valence-electron chi connectivity index (χ2n) is 6.02. The van der Waals surface area contributed by atoms with Crippen LogP contribution < -0.4 is 0 Å². The predicted molar refractivity (Wildman–Crippen MR) is 110 cm³/mol. The van der Waals surface area contributed by atoms with Gasteiger partial charge in [0.1, 0.15) is 11.6 Å². The molecule has 1 aromatic carbocycles. The fourth-order valence-electron chi connectivity index (χ4n) is 2.61. The quantitative estimate of drug-likeness (QED) is 0.359. The molecule has 1 amide bonds. The maximum absolute atomic E-state index is 14.0. The summed E-state index contributed by atoms with van der Waals surface area (Å²) in [5, 5.41) is 8.65. The molecule has 0 N–H and O–H groups in total. The van der Waals surface area contributed by atoms with Crippen LogP contribution in [0.15, 0.2) is 86.7 Å². The number of carbonyl (C=O) groups is 1. The lowest BCUT2D eigenvalue weighted by Crippen LogP contribution is -2.28. The summed E-state index contributed by atoms with van der Waals surface area (Å²) in [4.78, 5) is 18.7. The zero-order valence-electron chi connectivity index (χ0n) is 15.1. The van der Waals surface area contributed by atoms with Gasteiger partial charge in [-0.2, -0.15) is 5.10 Å². The van der Waals surface area contributed by atoms with E-state index in [0.717, 1.165) is 17.3 Å². The molecule has 0 bridgehead atoms. The van der Waals surface area contributed by atoms with Crippen LogP contribution in [0.5, 0.6) is 0 Å². The van der Waals surface area contributed by atoms with E-state index in [9.17, 15) is 9.18 Å². The monoisotopic (exact) mass is 406 g/mol. The standard InChI is InChI=1S/C21H15FN4O2S/c22-18-8-2-1-6-16(18)11-19-20(27)26(14-17-7-4-10-28-17)21(29-19)25-24-13-15-5-3-9-23-12-15/h1-13H,14H2/b19-11-,24-13-,25-21+. The Bertz CT molecular complexity index is 1090. The van der Waals surface area contributed by atoms with E-state index < -0.39 is 5.82 Å². The van der Waals surface area contributed by atoms with Gasteiger partial charge >= 0.3 is 0 Å².